The molecule has 3 aromatic rings. The number of aromatic carboxylic acids is 1. The number of carbonyl (C=O) groups is 1. The van der Waals surface area contributed by atoms with Crippen LogP contribution in [0, 0.1) is 5.92 Å². The van der Waals surface area contributed by atoms with Crippen molar-refractivity contribution < 1.29 is 19.7 Å². The van der Waals surface area contributed by atoms with Gasteiger partial charge in [-0.15, -0.1) is 12.4 Å². The standard InChI is InChI=1S/C27H31NO4.ClH/c1-19(2)16-23-17-22(10-13-25(23)27(30)31)20-8-11-24(12-9-20)32-15-14-28-18-26(29)21-6-4-3-5-7-21;/h3-13,17,19,26,28-29H,14-16,18H2,1-2H3,(H,30,31);1H/t26-;/m0./s1. The van der Waals surface area contributed by atoms with E-state index in [4.69, 9.17) is 4.74 Å². The molecule has 0 aliphatic heterocycles. The van der Waals surface area contributed by atoms with E-state index in [1.165, 1.54) is 0 Å². The minimum atomic E-state index is -0.888. The Hall–Kier alpha value is -2.86. The van der Waals surface area contributed by atoms with Crippen LogP contribution in [0.25, 0.3) is 11.1 Å². The molecule has 6 heteroatoms. The third-order valence-electron chi connectivity index (χ3n) is 5.22. The molecule has 0 aromatic heterocycles. The van der Waals surface area contributed by atoms with Crippen molar-refractivity contribution in [3.05, 3.63) is 89.5 Å². The van der Waals surface area contributed by atoms with Crippen molar-refractivity contribution in [1.29, 1.82) is 0 Å². The van der Waals surface area contributed by atoms with E-state index in [0.29, 0.717) is 31.2 Å². The zero-order chi connectivity index (χ0) is 22.9. The molecule has 0 aliphatic rings. The maximum Gasteiger partial charge on any atom is 0.335 e. The Morgan fingerprint density at radius 1 is 0.970 bits per heavy atom. The average Bonchev–Trinajstić information content (AvgIpc) is 2.79. The monoisotopic (exact) mass is 469 g/mol. The number of aliphatic hydroxyl groups excluding tert-OH is 1. The molecule has 0 fully saturated rings. The molecule has 0 amide bonds. The summed E-state index contributed by atoms with van der Waals surface area (Å²) >= 11 is 0. The highest BCUT2D eigenvalue weighted by Crippen LogP contribution is 2.26. The Bertz CT molecular complexity index is 1010. The number of carboxylic acid groups (broad SMARTS) is 1. The molecule has 1 atom stereocenters. The van der Waals surface area contributed by atoms with Crippen molar-refractivity contribution in [2.45, 2.75) is 26.4 Å². The summed E-state index contributed by atoms with van der Waals surface area (Å²) in [5.74, 6) is 0.256. The molecule has 0 bridgehead atoms. The van der Waals surface area contributed by atoms with Gasteiger partial charge >= 0.3 is 5.97 Å². The highest BCUT2D eigenvalue weighted by Gasteiger charge is 2.13. The number of rotatable bonds is 11. The second-order valence-corrected chi connectivity index (χ2v) is 8.28. The van der Waals surface area contributed by atoms with Gasteiger partial charge in [-0.1, -0.05) is 68.4 Å². The van der Waals surface area contributed by atoms with Gasteiger partial charge in [-0.2, -0.15) is 0 Å². The van der Waals surface area contributed by atoms with Crippen LogP contribution in [-0.2, 0) is 6.42 Å². The van der Waals surface area contributed by atoms with Gasteiger partial charge in [0.05, 0.1) is 11.7 Å². The van der Waals surface area contributed by atoms with E-state index >= 15 is 0 Å². The molecule has 0 aliphatic carbocycles. The maximum absolute atomic E-state index is 11.5. The first-order valence-corrected chi connectivity index (χ1v) is 11.0. The van der Waals surface area contributed by atoms with Gasteiger partial charge in [-0.3, -0.25) is 0 Å². The quantitative estimate of drug-likeness (QED) is 0.329. The first-order chi connectivity index (χ1) is 15.4. The number of aliphatic hydroxyl groups is 1. The minimum Gasteiger partial charge on any atom is -0.492 e. The lowest BCUT2D eigenvalue weighted by molar-refractivity contribution is 0.0695. The fourth-order valence-corrected chi connectivity index (χ4v) is 3.61. The fourth-order valence-electron chi connectivity index (χ4n) is 3.61. The predicted octanol–water partition coefficient (Wildman–Crippen LogP) is 5.37. The average molecular weight is 470 g/mol. The van der Waals surface area contributed by atoms with E-state index < -0.39 is 12.1 Å². The molecular formula is C27H32ClNO4. The second-order valence-electron chi connectivity index (χ2n) is 8.28. The first kappa shape index (κ1) is 26.4. The summed E-state index contributed by atoms with van der Waals surface area (Å²) in [4.78, 5) is 11.5. The van der Waals surface area contributed by atoms with Crippen molar-refractivity contribution in [2.24, 2.45) is 5.92 Å². The molecule has 5 nitrogen and oxygen atoms in total. The molecule has 33 heavy (non-hydrogen) atoms. The number of hydrogen-bond donors (Lipinski definition) is 3. The Morgan fingerprint density at radius 3 is 2.27 bits per heavy atom. The smallest absolute Gasteiger partial charge is 0.335 e. The zero-order valence-corrected chi connectivity index (χ0v) is 19.8. The summed E-state index contributed by atoms with van der Waals surface area (Å²) in [5, 5.41) is 22.8. The largest absolute Gasteiger partial charge is 0.492 e. The minimum absolute atomic E-state index is 0. The van der Waals surface area contributed by atoms with Crippen LogP contribution in [0.3, 0.4) is 0 Å². The molecule has 0 spiro atoms. The van der Waals surface area contributed by atoms with Crippen LogP contribution in [-0.4, -0.2) is 35.9 Å². The van der Waals surface area contributed by atoms with Crippen molar-refractivity contribution in [1.82, 2.24) is 5.32 Å². The van der Waals surface area contributed by atoms with E-state index in [1.807, 2.05) is 66.7 Å². The molecule has 0 unspecified atom stereocenters. The normalized spacial score (nSPS) is 11.6. The molecule has 3 rings (SSSR count). The van der Waals surface area contributed by atoms with Gasteiger partial charge in [0.2, 0.25) is 0 Å². The van der Waals surface area contributed by atoms with Crippen molar-refractivity contribution in [2.75, 3.05) is 19.7 Å². The van der Waals surface area contributed by atoms with Crippen LogP contribution >= 0.6 is 12.4 Å². The number of halogens is 1. The van der Waals surface area contributed by atoms with Gasteiger partial charge in [-0.05, 0) is 52.8 Å². The molecule has 3 N–H and O–H groups in total. The lowest BCUT2D eigenvalue weighted by atomic mass is 9.93. The Kier molecular flexibility index (Phi) is 10.4. The van der Waals surface area contributed by atoms with E-state index in [1.54, 1.807) is 6.07 Å². The van der Waals surface area contributed by atoms with E-state index in [9.17, 15) is 15.0 Å². The molecular weight excluding hydrogens is 438 g/mol. The molecule has 0 radical (unpaired) electrons. The number of nitrogens with one attached hydrogen (secondary N) is 1. The van der Waals surface area contributed by atoms with Crippen LogP contribution < -0.4 is 10.1 Å². The molecule has 0 saturated carbocycles. The van der Waals surface area contributed by atoms with E-state index in [0.717, 1.165) is 34.4 Å². The molecule has 176 valence electrons. The summed E-state index contributed by atoms with van der Waals surface area (Å²) < 4.78 is 5.79. The number of ether oxygens (including phenoxy) is 1. The Morgan fingerprint density at radius 2 is 1.64 bits per heavy atom. The van der Waals surface area contributed by atoms with E-state index in [2.05, 4.69) is 19.2 Å². The zero-order valence-electron chi connectivity index (χ0n) is 19.0. The summed E-state index contributed by atoms with van der Waals surface area (Å²) in [6, 6.07) is 22.9. The van der Waals surface area contributed by atoms with Gasteiger partial charge in [0, 0.05) is 13.1 Å². The molecule has 0 heterocycles. The van der Waals surface area contributed by atoms with Crippen LogP contribution in [0.4, 0.5) is 0 Å². The number of hydrogen-bond acceptors (Lipinski definition) is 4. The van der Waals surface area contributed by atoms with Crippen LogP contribution in [0.5, 0.6) is 5.75 Å². The molecule has 3 aromatic carbocycles. The third-order valence-corrected chi connectivity index (χ3v) is 5.22. The van der Waals surface area contributed by atoms with Crippen LogP contribution in [0.2, 0.25) is 0 Å². The summed E-state index contributed by atoms with van der Waals surface area (Å²) in [5.41, 5.74) is 4.13. The Balaban J connectivity index is 0.00000385. The van der Waals surface area contributed by atoms with Gasteiger partial charge in [0.15, 0.2) is 0 Å². The van der Waals surface area contributed by atoms with Crippen LogP contribution in [0.1, 0.15) is 41.4 Å². The maximum atomic E-state index is 11.5. The topological polar surface area (TPSA) is 78.8 Å². The fraction of sp³-hybridized carbons (Fsp3) is 0.296. The van der Waals surface area contributed by atoms with Crippen molar-refractivity contribution in [3.63, 3.8) is 0 Å². The number of benzene rings is 3. The summed E-state index contributed by atoms with van der Waals surface area (Å²) in [6.07, 6.45) is 0.186. The Labute approximate surface area is 201 Å². The predicted molar refractivity (Wildman–Crippen MR) is 134 cm³/mol. The van der Waals surface area contributed by atoms with Gasteiger partial charge in [0.25, 0.3) is 0 Å². The SMILES string of the molecule is CC(C)Cc1cc(-c2ccc(OCCNC[C@H](O)c3ccccc3)cc2)ccc1C(=O)O.Cl. The van der Waals surface area contributed by atoms with E-state index in [-0.39, 0.29) is 12.4 Å². The lowest BCUT2D eigenvalue weighted by Crippen LogP contribution is -2.26. The second kappa shape index (κ2) is 13.0. The van der Waals surface area contributed by atoms with Crippen LogP contribution in [0.15, 0.2) is 72.8 Å². The van der Waals surface area contributed by atoms with Gasteiger partial charge < -0.3 is 20.3 Å². The third kappa shape index (κ3) is 7.90. The lowest BCUT2D eigenvalue weighted by Gasteiger charge is -2.13. The summed E-state index contributed by atoms with van der Waals surface area (Å²) in [6.45, 7) is 5.76. The summed E-state index contributed by atoms with van der Waals surface area (Å²) in [7, 11) is 0. The van der Waals surface area contributed by atoms with Crippen molar-refractivity contribution in [3.8, 4) is 16.9 Å². The van der Waals surface area contributed by atoms with Crippen molar-refractivity contribution >= 4 is 18.4 Å². The highest BCUT2D eigenvalue weighted by atomic mass is 35.5. The van der Waals surface area contributed by atoms with Gasteiger partial charge in [0.1, 0.15) is 12.4 Å². The molecule has 0 saturated heterocycles. The number of carboxylic acids is 1. The van der Waals surface area contributed by atoms with Gasteiger partial charge in [-0.25, -0.2) is 4.79 Å². The first-order valence-electron chi connectivity index (χ1n) is 11.0. The highest BCUT2D eigenvalue weighted by molar-refractivity contribution is 5.90.